The predicted molar refractivity (Wildman–Crippen MR) is 71.1 cm³/mol. The van der Waals surface area contributed by atoms with Crippen LogP contribution >= 0.6 is 15.2 Å². The Labute approximate surface area is 114 Å². The maximum atomic E-state index is 11.2. The molecule has 0 saturated carbocycles. The molecule has 10 heteroatoms. The highest BCUT2D eigenvalue weighted by Crippen LogP contribution is 2.47. The van der Waals surface area contributed by atoms with Gasteiger partial charge < -0.3 is 24.9 Å². The Hall–Kier alpha value is -1.27. The van der Waals surface area contributed by atoms with Gasteiger partial charge in [-0.2, -0.15) is 0 Å². The van der Waals surface area contributed by atoms with Crippen LogP contribution < -0.4 is 10.6 Å². The Morgan fingerprint density at radius 3 is 2.45 bits per heavy atom. The summed E-state index contributed by atoms with van der Waals surface area (Å²) in [7, 11) is -8.79. The largest absolute Gasteiger partial charge is 0.379 e. The molecule has 0 fully saturated rings. The Balaban J connectivity index is 2.38. The molecule has 108 valence electrons. The van der Waals surface area contributed by atoms with Crippen molar-refractivity contribution >= 4 is 20.5 Å². The first-order chi connectivity index (χ1) is 9.18. The number of hydrogen-bond donors (Lipinski definition) is 5. The van der Waals surface area contributed by atoms with Crippen LogP contribution in [0.25, 0.3) is 0 Å². The van der Waals surface area contributed by atoms with Gasteiger partial charge in [0.1, 0.15) is 0 Å². The van der Waals surface area contributed by atoms with Crippen molar-refractivity contribution in [2.75, 3.05) is 0 Å². The minimum Gasteiger partial charge on any atom is -0.379 e. The molecule has 1 aromatic heterocycles. The van der Waals surface area contributed by atoms with Gasteiger partial charge in [-0.3, -0.25) is 14.1 Å². The Morgan fingerprint density at radius 1 is 1.15 bits per heavy atom. The fourth-order valence-electron chi connectivity index (χ4n) is 1.66. The summed E-state index contributed by atoms with van der Waals surface area (Å²) < 4.78 is 22.4. The van der Waals surface area contributed by atoms with Gasteiger partial charge in [-0.1, -0.05) is 0 Å². The number of allylic oxidation sites excluding steroid dienone is 2. The lowest BCUT2D eigenvalue weighted by Crippen LogP contribution is -2.19. The van der Waals surface area contributed by atoms with Gasteiger partial charge in [-0.05, 0) is 30.5 Å². The lowest BCUT2D eigenvalue weighted by molar-refractivity contribution is 0.381. The predicted octanol–water partition coefficient (Wildman–Crippen LogP) is 0.104. The summed E-state index contributed by atoms with van der Waals surface area (Å²) in [5.41, 5.74) is 0.251. The van der Waals surface area contributed by atoms with Crippen LogP contribution in [0.3, 0.4) is 0 Å². The fraction of sp³-hybridized carbons (Fsp3) is 0.100. The van der Waals surface area contributed by atoms with Crippen molar-refractivity contribution in [1.29, 1.82) is 0 Å². The molecule has 0 spiro atoms. The first-order valence-electron chi connectivity index (χ1n) is 5.40. The molecule has 1 atom stereocenters. The van der Waals surface area contributed by atoms with E-state index in [1.165, 1.54) is 36.7 Å². The van der Waals surface area contributed by atoms with E-state index in [1.807, 2.05) is 0 Å². The summed E-state index contributed by atoms with van der Waals surface area (Å²) in [4.78, 5) is 40.4. The molecular weight excluding hydrogens is 306 g/mol. The monoisotopic (exact) mass is 318 g/mol. The quantitative estimate of drug-likeness (QED) is 0.494. The van der Waals surface area contributed by atoms with Crippen LogP contribution in [0, 0.1) is 0 Å². The zero-order valence-corrected chi connectivity index (χ0v) is 11.8. The molecule has 0 saturated heterocycles. The van der Waals surface area contributed by atoms with Crippen molar-refractivity contribution in [3.63, 3.8) is 0 Å². The SMILES string of the molecule is O=P(O)(O)C1=CC(c2cc(P(=O)(O)O)ccn2)NC=C1. The normalized spacial score (nSPS) is 19.4. The van der Waals surface area contributed by atoms with Gasteiger partial charge in [-0.15, -0.1) is 0 Å². The Morgan fingerprint density at radius 2 is 1.85 bits per heavy atom. The van der Waals surface area contributed by atoms with Crippen molar-refractivity contribution in [2.24, 2.45) is 0 Å². The van der Waals surface area contributed by atoms with Gasteiger partial charge >= 0.3 is 15.2 Å². The lowest BCUT2D eigenvalue weighted by Gasteiger charge is -2.19. The molecule has 0 bridgehead atoms. The van der Waals surface area contributed by atoms with E-state index in [1.54, 1.807) is 0 Å². The van der Waals surface area contributed by atoms with E-state index in [9.17, 15) is 9.13 Å². The second-order valence-electron chi connectivity index (χ2n) is 4.10. The van der Waals surface area contributed by atoms with E-state index in [-0.39, 0.29) is 16.3 Å². The average molecular weight is 318 g/mol. The minimum absolute atomic E-state index is 0.176. The lowest BCUT2D eigenvalue weighted by atomic mass is 10.1. The van der Waals surface area contributed by atoms with E-state index in [4.69, 9.17) is 19.6 Å². The van der Waals surface area contributed by atoms with Gasteiger partial charge in [0.25, 0.3) is 0 Å². The second-order valence-corrected chi connectivity index (χ2v) is 7.31. The third-order valence-corrected chi connectivity index (χ3v) is 4.55. The van der Waals surface area contributed by atoms with Gasteiger partial charge in [0.15, 0.2) is 0 Å². The second kappa shape index (κ2) is 5.26. The van der Waals surface area contributed by atoms with Gasteiger partial charge in [-0.25, -0.2) is 0 Å². The van der Waals surface area contributed by atoms with Crippen molar-refractivity contribution in [3.8, 4) is 0 Å². The van der Waals surface area contributed by atoms with Gasteiger partial charge in [0.2, 0.25) is 0 Å². The highest BCUT2D eigenvalue weighted by Gasteiger charge is 2.25. The molecule has 0 radical (unpaired) electrons. The molecule has 0 aliphatic carbocycles. The molecule has 8 nitrogen and oxygen atoms in total. The van der Waals surface area contributed by atoms with Crippen LogP contribution in [0.4, 0.5) is 0 Å². The number of hydrogen-bond acceptors (Lipinski definition) is 4. The molecule has 1 aliphatic heterocycles. The molecule has 2 heterocycles. The molecule has 1 unspecified atom stereocenters. The minimum atomic E-state index is -4.40. The first-order valence-corrected chi connectivity index (χ1v) is 8.63. The van der Waals surface area contributed by atoms with Crippen LogP contribution in [-0.4, -0.2) is 24.6 Å². The maximum Gasteiger partial charge on any atom is 0.356 e. The molecule has 0 aromatic carbocycles. The highest BCUT2D eigenvalue weighted by molar-refractivity contribution is 7.60. The number of dihydropyridines is 1. The van der Waals surface area contributed by atoms with Crippen molar-refractivity contribution in [3.05, 3.63) is 47.7 Å². The Bertz CT molecular complexity index is 674. The van der Waals surface area contributed by atoms with Crippen molar-refractivity contribution in [1.82, 2.24) is 10.3 Å². The van der Waals surface area contributed by atoms with Crippen LogP contribution in [-0.2, 0) is 9.13 Å². The molecule has 0 amide bonds. The summed E-state index contributed by atoms with van der Waals surface area (Å²) >= 11 is 0. The zero-order valence-electron chi connectivity index (χ0n) is 9.99. The summed E-state index contributed by atoms with van der Waals surface area (Å²) in [6.45, 7) is 0. The molecule has 5 N–H and O–H groups in total. The topological polar surface area (TPSA) is 140 Å². The standard InChI is InChI=1S/C10H12N2O6P2/c13-19(14,15)7-1-3-11-9(5-7)10-6-8(2-4-12-10)20(16,17)18/h1-6,9,11H,(H2,13,14,15)(H2,16,17,18). The van der Waals surface area contributed by atoms with Crippen LogP contribution in [0.1, 0.15) is 11.7 Å². The number of rotatable bonds is 3. The Kier molecular flexibility index (Phi) is 3.97. The average Bonchev–Trinajstić information content (AvgIpc) is 2.37. The van der Waals surface area contributed by atoms with Crippen LogP contribution in [0.2, 0.25) is 0 Å². The van der Waals surface area contributed by atoms with Crippen LogP contribution in [0.15, 0.2) is 42.0 Å². The highest BCUT2D eigenvalue weighted by atomic mass is 31.2. The van der Waals surface area contributed by atoms with E-state index in [2.05, 4.69) is 10.3 Å². The number of nitrogens with zero attached hydrogens (tertiary/aromatic N) is 1. The number of aromatic nitrogens is 1. The summed E-state index contributed by atoms with van der Waals surface area (Å²) in [5, 5.41) is 2.42. The van der Waals surface area contributed by atoms with Crippen molar-refractivity contribution in [2.45, 2.75) is 6.04 Å². The fourth-order valence-corrected chi connectivity index (χ4v) is 2.84. The maximum absolute atomic E-state index is 11.2. The third kappa shape index (κ3) is 3.43. The molecule has 1 aliphatic rings. The van der Waals surface area contributed by atoms with Gasteiger partial charge in [0.05, 0.1) is 22.4 Å². The van der Waals surface area contributed by atoms with E-state index in [0.717, 1.165) is 0 Å². The zero-order chi connectivity index (χ0) is 15.0. The van der Waals surface area contributed by atoms with E-state index < -0.39 is 21.2 Å². The number of nitrogens with one attached hydrogen (secondary N) is 1. The summed E-state index contributed by atoms with van der Waals surface area (Å²) in [6.07, 6.45) is 5.09. The third-order valence-electron chi connectivity index (χ3n) is 2.62. The molecular formula is C10H12N2O6P2. The summed E-state index contributed by atoms with van der Waals surface area (Å²) in [5.74, 6) is 0. The summed E-state index contributed by atoms with van der Waals surface area (Å²) in [6, 6.07) is 1.72. The number of pyridine rings is 1. The van der Waals surface area contributed by atoms with Crippen molar-refractivity contribution < 1.29 is 28.7 Å². The van der Waals surface area contributed by atoms with E-state index in [0.29, 0.717) is 0 Å². The van der Waals surface area contributed by atoms with E-state index >= 15 is 0 Å². The van der Waals surface area contributed by atoms with Gasteiger partial charge in [0, 0.05) is 6.20 Å². The van der Waals surface area contributed by atoms with Crippen LogP contribution in [0.5, 0.6) is 0 Å². The first kappa shape index (κ1) is 15.1. The molecule has 1 aromatic rings. The smallest absolute Gasteiger partial charge is 0.356 e. The molecule has 20 heavy (non-hydrogen) atoms. The molecule has 2 rings (SSSR count).